The minimum Gasteiger partial charge on any atom is -0.366 e. The van der Waals surface area contributed by atoms with Crippen LogP contribution in [0.3, 0.4) is 0 Å². The van der Waals surface area contributed by atoms with Crippen LogP contribution >= 0.6 is 0 Å². The summed E-state index contributed by atoms with van der Waals surface area (Å²) in [5.74, 6) is 0.0812. The molecule has 4 nitrogen and oxygen atoms in total. The number of imidazole rings is 1. The molecule has 0 aliphatic heterocycles. The molecule has 1 aromatic heterocycles. The molecule has 0 atom stereocenters. The molecule has 0 saturated carbocycles. The van der Waals surface area contributed by atoms with Gasteiger partial charge in [-0.2, -0.15) is 0 Å². The summed E-state index contributed by atoms with van der Waals surface area (Å²) < 4.78 is 15.6. The van der Waals surface area contributed by atoms with Gasteiger partial charge in [-0.15, -0.1) is 0 Å². The van der Waals surface area contributed by atoms with Crippen LogP contribution in [-0.4, -0.2) is 22.4 Å². The van der Waals surface area contributed by atoms with Crippen LogP contribution in [-0.2, 0) is 13.6 Å². The first-order valence-electron chi connectivity index (χ1n) is 5.97. The Morgan fingerprint density at radius 2 is 2.21 bits per heavy atom. The fraction of sp³-hybridized carbons (Fsp3) is 0.286. The van der Waals surface area contributed by atoms with Crippen molar-refractivity contribution in [1.82, 2.24) is 9.55 Å². The minimum absolute atomic E-state index is 0.124. The van der Waals surface area contributed by atoms with Crippen LogP contribution in [0.15, 0.2) is 30.6 Å². The molecule has 0 N–H and O–H groups in total. The van der Waals surface area contributed by atoms with E-state index in [0.29, 0.717) is 12.2 Å². The van der Waals surface area contributed by atoms with E-state index in [1.165, 1.54) is 13.0 Å². The van der Waals surface area contributed by atoms with Crippen molar-refractivity contribution in [3.63, 3.8) is 0 Å². The highest BCUT2D eigenvalue weighted by atomic mass is 19.1. The van der Waals surface area contributed by atoms with Crippen molar-refractivity contribution in [3.8, 4) is 0 Å². The van der Waals surface area contributed by atoms with Crippen molar-refractivity contribution in [2.45, 2.75) is 13.5 Å². The number of hydrogen-bond donors (Lipinski definition) is 0. The normalized spacial score (nSPS) is 10.5. The molecule has 0 bridgehead atoms. The van der Waals surface area contributed by atoms with Crippen LogP contribution in [0.25, 0.3) is 0 Å². The SMILES string of the molecule is CC(=O)c1c(F)cccc1N(C)Cc1nccn1C. The maximum atomic E-state index is 13.8. The number of halogens is 1. The van der Waals surface area contributed by atoms with E-state index in [2.05, 4.69) is 4.98 Å². The predicted octanol–water partition coefficient (Wildman–Crippen LogP) is 2.40. The Kier molecular flexibility index (Phi) is 3.64. The fourth-order valence-corrected chi connectivity index (χ4v) is 2.03. The van der Waals surface area contributed by atoms with Gasteiger partial charge >= 0.3 is 0 Å². The van der Waals surface area contributed by atoms with Gasteiger partial charge in [-0.25, -0.2) is 9.37 Å². The number of carbonyl (C=O) groups is 1. The number of rotatable bonds is 4. The third kappa shape index (κ3) is 2.65. The van der Waals surface area contributed by atoms with Crippen molar-refractivity contribution < 1.29 is 9.18 Å². The van der Waals surface area contributed by atoms with Gasteiger partial charge in [0.1, 0.15) is 11.6 Å². The van der Waals surface area contributed by atoms with Crippen molar-refractivity contribution in [2.75, 3.05) is 11.9 Å². The molecule has 100 valence electrons. The first kappa shape index (κ1) is 13.3. The van der Waals surface area contributed by atoms with E-state index in [-0.39, 0.29) is 11.3 Å². The molecule has 0 unspecified atom stereocenters. The lowest BCUT2D eigenvalue weighted by molar-refractivity contribution is 0.101. The molecule has 0 radical (unpaired) electrons. The number of aryl methyl sites for hydroxylation is 1. The lowest BCUT2D eigenvalue weighted by Crippen LogP contribution is -2.21. The summed E-state index contributed by atoms with van der Waals surface area (Å²) in [4.78, 5) is 17.6. The van der Waals surface area contributed by atoms with Crippen molar-refractivity contribution >= 4 is 11.5 Å². The van der Waals surface area contributed by atoms with Gasteiger partial charge in [0, 0.05) is 26.5 Å². The molecule has 0 fully saturated rings. The summed E-state index contributed by atoms with van der Waals surface area (Å²) in [5, 5.41) is 0. The Labute approximate surface area is 111 Å². The molecule has 0 saturated heterocycles. The monoisotopic (exact) mass is 261 g/mol. The minimum atomic E-state index is -0.489. The molecular weight excluding hydrogens is 245 g/mol. The van der Waals surface area contributed by atoms with Gasteiger partial charge in [-0.05, 0) is 19.1 Å². The van der Waals surface area contributed by atoms with Gasteiger partial charge in [0.05, 0.1) is 17.8 Å². The van der Waals surface area contributed by atoms with Crippen LogP contribution in [0.1, 0.15) is 23.1 Å². The fourth-order valence-electron chi connectivity index (χ4n) is 2.03. The highest BCUT2D eigenvalue weighted by molar-refractivity contribution is 5.99. The topological polar surface area (TPSA) is 38.1 Å². The summed E-state index contributed by atoms with van der Waals surface area (Å²) in [5.41, 5.74) is 0.703. The average molecular weight is 261 g/mol. The van der Waals surface area contributed by atoms with Crippen molar-refractivity contribution in [2.24, 2.45) is 7.05 Å². The Bertz CT molecular complexity index is 606. The van der Waals surface area contributed by atoms with Crippen molar-refractivity contribution in [3.05, 3.63) is 47.8 Å². The standard InChI is InChI=1S/C14H16FN3O/c1-10(19)14-11(15)5-4-6-12(14)18(3)9-13-16-7-8-17(13)2/h4-8H,9H2,1-3H3. The number of carbonyl (C=O) groups excluding carboxylic acids is 1. The van der Waals surface area contributed by atoms with Crippen LogP contribution < -0.4 is 4.90 Å². The Balaban J connectivity index is 2.34. The molecular formula is C14H16FN3O. The third-order valence-electron chi connectivity index (χ3n) is 3.05. The second kappa shape index (κ2) is 5.22. The molecule has 0 spiro atoms. The zero-order valence-electron chi connectivity index (χ0n) is 11.2. The van der Waals surface area contributed by atoms with Crippen molar-refractivity contribution in [1.29, 1.82) is 0 Å². The third-order valence-corrected chi connectivity index (χ3v) is 3.05. The van der Waals surface area contributed by atoms with Crippen LogP contribution in [0.2, 0.25) is 0 Å². The van der Waals surface area contributed by atoms with Gasteiger partial charge < -0.3 is 9.47 Å². The largest absolute Gasteiger partial charge is 0.366 e. The molecule has 0 amide bonds. The Hall–Kier alpha value is -2.17. The molecule has 2 rings (SSSR count). The zero-order chi connectivity index (χ0) is 14.0. The highest BCUT2D eigenvalue weighted by Gasteiger charge is 2.16. The number of ketones is 1. The summed E-state index contributed by atoms with van der Waals surface area (Å²) in [6.45, 7) is 1.88. The summed E-state index contributed by atoms with van der Waals surface area (Å²) in [7, 11) is 3.71. The smallest absolute Gasteiger partial charge is 0.164 e. The molecule has 5 heteroatoms. The van der Waals surface area contributed by atoms with E-state index in [9.17, 15) is 9.18 Å². The first-order chi connectivity index (χ1) is 9.00. The molecule has 2 aromatic rings. The summed E-state index contributed by atoms with van der Waals surface area (Å²) in [6, 6.07) is 4.64. The maximum Gasteiger partial charge on any atom is 0.164 e. The summed E-state index contributed by atoms with van der Waals surface area (Å²) >= 11 is 0. The molecule has 0 aliphatic rings. The number of nitrogens with zero attached hydrogens (tertiary/aromatic N) is 3. The number of Topliss-reactive ketones (excluding diaryl/α,β-unsaturated/α-hetero) is 1. The first-order valence-corrected chi connectivity index (χ1v) is 5.97. The molecule has 1 heterocycles. The lowest BCUT2D eigenvalue weighted by atomic mass is 10.1. The second-order valence-corrected chi connectivity index (χ2v) is 4.50. The van der Waals surface area contributed by atoms with E-state index in [0.717, 1.165) is 5.82 Å². The second-order valence-electron chi connectivity index (χ2n) is 4.50. The lowest BCUT2D eigenvalue weighted by Gasteiger charge is -2.21. The predicted molar refractivity (Wildman–Crippen MR) is 71.7 cm³/mol. The van der Waals surface area contributed by atoms with E-state index in [1.807, 2.05) is 29.8 Å². The van der Waals surface area contributed by atoms with Gasteiger partial charge in [0.2, 0.25) is 0 Å². The van der Waals surface area contributed by atoms with E-state index in [4.69, 9.17) is 0 Å². The Morgan fingerprint density at radius 1 is 1.47 bits per heavy atom. The van der Waals surface area contributed by atoms with E-state index in [1.54, 1.807) is 18.3 Å². The summed E-state index contributed by atoms with van der Waals surface area (Å²) in [6.07, 6.45) is 3.56. The average Bonchev–Trinajstić information content (AvgIpc) is 2.74. The Morgan fingerprint density at radius 3 is 2.79 bits per heavy atom. The molecule has 0 aliphatic carbocycles. The highest BCUT2D eigenvalue weighted by Crippen LogP contribution is 2.23. The van der Waals surface area contributed by atoms with Gasteiger partial charge in [0.25, 0.3) is 0 Å². The zero-order valence-corrected chi connectivity index (χ0v) is 11.2. The van der Waals surface area contributed by atoms with Gasteiger partial charge in [-0.3, -0.25) is 4.79 Å². The van der Waals surface area contributed by atoms with Gasteiger partial charge in [-0.1, -0.05) is 6.07 Å². The van der Waals surface area contributed by atoms with Crippen LogP contribution in [0.5, 0.6) is 0 Å². The van der Waals surface area contributed by atoms with E-state index < -0.39 is 5.82 Å². The maximum absolute atomic E-state index is 13.8. The molecule has 1 aromatic carbocycles. The van der Waals surface area contributed by atoms with E-state index >= 15 is 0 Å². The number of benzene rings is 1. The number of aromatic nitrogens is 2. The number of hydrogen-bond acceptors (Lipinski definition) is 3. The number of anilines is 1. The van der Waals surface area contributed by atoms with Gasteiger partial charge in [0.15, 0.2) is 5.78 Å². The molecule has 19 heavy (non-hydrogen) atoms. The van der Waals surface area contributed by atoms with Crippen LogP contribution in [0.4, 0.5) is 10.1 Å². The van der Waals surface area contributed by atoms with Crippen LogP contribution in [0, 0.1) is 5.82 Å². The quantitative estimate of drug-likeness (QED) is 0.793.